The molecule has 0 aliphatic carbocycles. The molecule has 2 aromatic carbocycles. The van der Waals surface area contributed by atoms with Crippen LogP contribution < -0.4 is 10.6 Å². The van der Waals surface area contributed by atoms with Crippen molar-refractivity contribution in [3.05, 3.63) is 59.2 Å². The Balaban J connectivity index is 1.94. The van der Waals surface area contributed by atoms with Crippen LogP contribution in [0.3, 0.4) is 0 Å². The van der Waals surface area contributed by atoms with Crippen LogP contribution in [0, 0.1) is 6.92 Å². The zero-order valence-electron chi connectivity index (χ0n) is 9.98. The van der Waals surface area contributed by atoms with E-state index in [9.17, 15) is 0 Å². The van der Waals surface area contributed by atoms with Gasteiger partial charge in [0.15, 0.2) is 0 Å². The van der Waals surface area contributed by atoms with Crippen molar-refractivity contribution in [3.8, 4) is 0 Å². The summed E-state index contributed by atoms with van der Waals surface area (Å²) in [5.74, 6) is 0. The fourth-order valence-electron chi connectivity index (χ4n) is 2.50. The molecule has 0 atom stereocenters. The van der Waals surface area contributed by atoms with Crippen LogP contribution in [0.2, 0.25) is 0 Å². The minimum absolute atomic E-state index is 0.857. The minimum atomic E-state index is 0.857. The summed E-state index contributed by atoms with van der Waals surface area (Å²) in [6.45, 7) is 4.11. The van der Waals surface area contributed by atoms with E-state index in [0.29, 0.717) is 0 Å². The van der Waals surface area contributed by atoms with Crippen LogP contribution in [0.25, 0.3) is 0 Å². The normalized spacial score (nSPS) is 13.8. The van der Waals surface area contributed by atoms with E-state index in [4.69, 9.17) is 5.73 Å². The van der Waals surface area contributed by atoms with Gasteiger partial charge in [0.1, 0.15) is 0 Å². The predicted octanol–water partition coefficient (Wildman–Crippen LogP) is 3.10. The van der Waals surface area contributed by atoms with Crippen LogP contribution in [-0.4, -0.2) is 0 Å². The molecule has 0 spiro atoms. The molecule has 86 valence electrons. The number of nitrogens with zero attached hydrogens (tertiary/aromatic N) is 1. The molecule has 0 unspecified atom stereocenters. The second kappa shape index (κ2) is 3.81. The van der Waals surface area contributed by atoms with Gasteiger partial charge in [0, 0.05) is 24.5 Å². The highest BCUT2D eigenvalue weighted by Crippen LogP contribution is 2.31. The lowest BCUT2D eigenvalue weighted by Gasteiger charge is -2.19. The summed E-state index contributed by atoms with van der Waals surface area (Å²) in [6, 6.07) is 14.7. The second-order valence-corrected chi connectivity index (χ2v) is 4.67. The second-order valence-electron chi connectivity index (χ2n) is 4.67. The lowest BCUT2D eigenvalue weighted by molar-refractivity contribution is 0.875. The first-order valence-electron chi connectivity index (χ1n) is 5.92. The number of anilines is 2. The molecule has 2 heteroatoms. The van der Waals surface area contributed by atoms with Crippen LogP contribution in [0.5, 0.6) is 0 Å². The van der Waals surface area contributed by atoms with Gasteiger partial charge in [0.05, 0.1) is 0 Å². The number of nitrogen functional groups attached to an aromatic ring is 1. The third-order valence-electron chi connectivity index (χ3n) is 3.41. The van der Waals surface area contributed by atoms with Crippen molar-refractivity contribution in [2.24, 2.45) is 0 Å². The van der Waals surface area contributed by atoms with Gasteiger partial charge in [-0.1, -0.05) is 24.3 Å². The molecule has 0 bridgehead atoms. The van der Waals surface area contributed by atoms with E-state index < -0.39 is 0 Å². The highest BCUT2D eigenvalue weighted by molar-refractivity contribution is 5.58. The largest absolute Gasteiger partial charge is 0.399 e. The summed E-state index contributed by atoms with van der Waals surface area (Å²) in [5.41, 5.74) is 12.1. The average Bonchev–Trinajstić information content (AvgIpc) is 2.72. The number of benzene rings is 2. The number of hydrogen-bond acceptors (Lipinski definition) is 2. The fourth-order valence-corrected chi connectivity index (χ4v) is 2.50. The van der Waals surface area contributed by atoms with E-state index >= 15 is 0 Å². The standard InChI is InChI=1S/C15H16N2/c1-11-4-2-3-5-15(11)17-9-12-6-7-14(16)8-13(12)10-17/h2-8H,9-10,16H2,1H3. The van der Waals surface area contributed by atoms with E-state index in [-0.39, 0.29) is 0 Å². The van der Waals surface area contributed by atoms with Crippen LogP contribution in [-0.2, 0) is 13.1 Å². The van der Waals surface area contributed by atoms with Crippen molar-refractivity contribution in [1.29, 1.82) is 0 Å². The first-order chi connectivity index (χ1) is 8.24. The summed E-state index contributed by atoms with van der Waals surface area (Å²) in [7, 11) is 0. The molecule has 0 saturated heterocycles. The van der Waals surface area contributed by atoms with Gasteiger partial charge in [-0.25, -0.2) is 0 Å². The molecule has 2 nitrogen and oxygen atoms in total. The first-order valence-corrected chi connectivity index (χ1v) is 5.92. The number of fused-ring (bicyclic) bond motifs is 1. The SMILES string of the molecule is Cc1ccccc1N1Cc2ccc(N)cc2C1. The Morgan fingerprint density at radius 2 is 1.76 bits per heavy atom. The maximum atomic E-state index is 5.83. The Bertz CT molecular complexity index is 561. The topological polar surface area (TPSA) is 29.3 Å². The average molecular weight is 224 g/mol. The van der Waals surface area contributed by atoms with Crippen LogP contribution in [0.15, 0.2) is 42.5 Å². The van der Waals surface area contributed by atoms with Gasteiger partial charge < -0.3 is 10.6 Å². The fraction of sp³-hybridized carbons (Fsp3) is 0.200. The van der Waals surface area contributed by atoms with Crippen molar-refractivity contribution in [3.63, 3.8) is 0 Å². The molecular formula is C15H16N2. The Hall–Kier alpha value is -1.96. The van der Waals surface area contributed by atoms with E-state index in [0.717, 1.165) is 18.8 Å². The highest BCUT2D eigenvalue weighted by atomic mass is 15.1. The first kappa shape index (κ1) is 10.2. The van der Waals surface area contributed by atoms with Gasteiger partial charge in [-0.3, -0.25) is 0 Å². The van der Waals surface area contributed by atoms with Gasteiger partial charge in [0.2, 0.25) is 0 Å². The van der Waals surface area contributed by atoms with Crippen LogP contribution in [0.4, 0.5) is 11.4 Å². The summed E-state index contributed by atoms with van der Waals surface area (Å²) in [4.78, 5) is 2.40. The molecule has 1 aliphatic heterocycles. The molecule has 0 amide bonds. The quantitative estimate of drug-likeness (QED) is 0.754. The lowest BCUT2D eigenvalue weighted by atomic mass is 10.1. The zero-order valence-corrected chi connectivity index (χ0v) is 9.98. The minimum Gasteiger partial charge on any atom is -0.399 e. The van der Waals surface area contributed by atoms with Crippen molar-refractivity contribution in [2.45, 2.75) is 20.0 Å². The Morgan fingerprint density at radius 1 is 1.00 bits per heavy atom. The third kappa shape index (κ3) is 1.76. The summed E-state index contributed by atoms with van der Waals surface area (Å²) in [5, 5.41) is 0. The Labute approximate surface area is 102 Å². The third-order valence-corrected chi connectivity index (χ3v) is 3.41. The molecule has 17 heavy (non-hydrogen) atoms. The highest BCUT2D eigenvalue weighted by Gasteiger charge is 2.19. The molecule has 0 fully saturated rings. The van der Waals surface area contributed by atoms with E-state index in [1.165, 1.54) is 22.4 Å². The van der Waals surface area contributed by atoms with Crippen molar-refractivity contribution < 1.29 is 0 Å². The molecule has 1 heterocycles. The summed E-state index contributed by atoms with van der Waals surface area (Å²) >= 11 is 0. The van der Waals surface area contributed by atoms with E-state index in [1.807, 2.05) is 6.07 Å². The monoisotopic (exact) mass is 224 g/mol. The number of para-hydroxylation sites is 1. The maximum absolute atomic E-state index is 5.83. The van der Waals surface area contributed by atoms with Gasteiger partial charge >= 0.3 is 0 Å². The predicted molar refractivity (Wildman–Crippen MR) is 71.9 cm³/mol. The molecule has 3 rings (SSSR count). The Kier molecular flexibility index (Phi) is 2.29. The van der Waals surface area contributed by atoms with Gasteiger partial charge in [0.25, 0.3) is 0 Å². The molecule has 0 saturated carbocycles. The van der Waals surface area contributed by atoms with Crippen LogP contribution >= 0.6 is 0 Å². The van der Waals surface area contributed by atoms with Crippen molar-refractivity contribution >= 4 is 11.4 Å². The number of hydrogen-bond donors (Lipinski definition) is 1. The van der Waals surface area contributed by atoms with Gasteiger partial charge in [-0.15, -0.1) is 0 Å². The van der Waals surface area contributed by atoms with Gasteiger partial charge in [-0.2, -0.15) is 0 Å². The van der Waals surface area contributed by atoms with Crippen LogP contribution in [0.1, 0.15) is 16.7 Å². The smallest absolute Gasteiger partial charge is 0.0437 e. The maximum Gasteiger partial charge on any atom is 0.0437 e. The summed E-state index contributed by atoms with van der Waals surface area (Å²) < 4.78 is 0. The molecule has 1 aliphatic rings. The number of aryl methyl sites for hydroxylation is 1. The number of rotatable bonds is 1. The van der Waals surface area contributed by atoms with E-state index in [1.54, 1.807) is 0 Å². The Morgan fingerprint density at radius 3 is 2.59 bits per heavy atom. The van der Waals surface area contributed by atoms with E-state index in [2.05, 4.69) is 48.2 Å². The lowest BCUT2D eigenvalue weighted by Crippen LogP contribution is -2.15. The molecule has 0 radical (unpaired) electrons. The van der Waals surface area contributed by atoms with Crippen molar-refractivity contribution in [1.82, 2.24) is 0 Å². The van der Waals surface area contributed by atoms with Gasteiger partial charge in [-0.05, 0) is 41.8 Å². The molecule has 2 N–H and O–H groups in total. The zero-order chi connectivity index (χ0) is 11.8. The summed E-state index contributed by atoms with van der Waals surface area (Å²) in [6.07, 6.45) is 0. The van der Waals surface area contributed by atoms with Crippen molar-refractivity contribution in [2.75, 3.05) is 10.6 Å². The number of nitrogens with two attached hydrogens (primary N) is 1. The molecular weight excluding hydrogens is 208 g/mol. The molecule has 2 aromatic rings. The molecule has 0 aromatic heterocycles.